The van der Waals surface area contributed by atoms with Crippen LogP contribution in [0.1, 0.15) is 11.1 Å². The molecule has 1 amide bonds. The van der Waals surface area contributed by atoms with E-state index < -0.39 is 0 Å². The van der Waals surface area contributed by atoms with Gasteiger partial charge in [-0.25, -0.2) is 9.97 Å². The second-order valence-electron chi connectivity index (χ2n) is 6.48. The number of aromatic nitrogens is 2. The lowest BCUT2D eigenvalue weighted by molar-refractivity contribution is -0.129. The molecule has 0 atom stereocenters. The Kier molecular flexibility index (Phi) is 5.55. The fraction of sp³-hybridized carbons (Fsp3) is 0.421. The zero-order chi connectivity index (χ0) is 18.5. The highest BCUT2D eigenvalue weighted by Gasteiger charge is 2.22. The van der Waals surface area contributed by atoms with Gasteiger partial charge in [0, 0.05) is 32.7 Å². The lowest BCUT2D eigenvalue weighted by Crippen LogP contribution is -2.48. The van der Waals surface area contributed by atoms with Gasteiger partial charge in [-0.1, -0.05) is 12.1 Å². The van der Waals surface area contributed by atoms with E-state index in [2.05, 4.69) is 33.5 Å². The van der Waals surface area contributed by atoms with Crippen molar-refractivity contribution in [1.29, 1.82) is 0 Å². The molecule has 0 spiro atoms. The summed E-state index contributed by atoms with van der Waals surface area (Å²) in [6.45, 7) is 4.63. The molecule has 26 heavy (non-hydrogen) atoms. The van der Waals surface area contributed by atoms with E-state index in [1.54, 1.807) is 12.0 Å². The van der Waals surface area contributed by atoms with Gasteiger partial charge in [0.1, 0.15) is 23.7 Å². The number of hydrogen-bond acceptors (Lipinski definition) is 6. The number of hydrogen-bond donors (Lipinski definition) is 1. The summed E-state index contributed by atoms with van der Waals surface area (Å²) in [5.74, 6) is 2.56. The number of aryl methyl sites for hydroxylation is 1. The number of methoxy groups -OCH3 is 1. The number of rotatable bonds is 6. The SMILES string of the molecule is COc1cc(CCNc2cc(N3CCN(C)C(=O)C3)ncn2)ccc1C. The largest absolute Gasteiger partial charge is 0.496 e. The average Bonchev–Trinajstić information content (AvgIpc) is 2.65. The third-order valence-electron chi connectivity index (χ3n) is 4.63. The zero-order valence-electron chi connectivity index (χ0n) is 15.5. The van der Waals surface area contributed by atoms with E-state index in [4.69, 9.17) is 4.74 Å². The van der Waals surface area contributed by atoms with Gasteiger partial charge >= 0.3 is 0 Å². The Morgan fingerprint density at radius 1 is 1.23 bits per heavy atom. The molecule has 3 rings (SSSR count). The summed E-state index contributed by atoms with van der Waals surface area (Å²) in [7, 11) is 3.52. The van der Waals surface area contributed by atoms with Crippen LogP contribution < -0.4 is 15.0 Å². The molecule has 0 saturated carbocycles. The molecule has 1 N–H and O–H groups in total. The molecular weight excluding hydrogens is 330 g/mol. The molecule has 2 aromatic rings. The Balaban J connectivity index is 1.58. The summed E-state index contributed by atoms with van der Waals surface area (Å²) >= 11 is 0. The van der Waals surface area contributed by atoms with Crippen molar-refractivity contribution in [2.24, 2.45) is 0 Å². The van der Waals surface area contributed by atoms with E-state index in [0.29, 0.717) is 13.1 Å². The minimum atomic E-state index is 0.109. The number of nitrogens with one attached hydrogen (secondary N) is 1. The van der Waals surface area contributed by atoms with Gasteiger partial charge in [-0.2, -0.15) is 0 Å². The predicted octanol–water partition coefficient (Wildman–Crippen LogP) is 1.73. The molecule has 0 unspecified atom stereocenters. The zero-order valence-corrected chi connectivity index (χ0v) is 15.5. The summed E-state index contributed by atoms with van der Waals surface area (Å²) in [6.07, 6.45) is 2.40. The van der Waals surface area contributed by atoms with Gasteiger partial charge in [-0.05, 0) is 30.5 Å². The highest BCUT2D eigenvalue weighted by atomic mass is 16.5. The molecule has 1 aliphatic rings. The average molecular weight is 355 g/mol. The molecule has 138 valence electrons. The molecule has 1 aliphatic heterocycles. The van der Waals surface area contributed by atoms with Crippen molar-refractivity contribution in [3.63, 3.8) is 0 Å². The van der Waals surface area contributed by atoms with Gasteiger partial charge in [-0.3, -0.25) is 4.79 Å². The first kappa shape index (κ1) is 18.0. The van der Waals surface area contributed by atoms with Crippen LogP contribution in [0.25, 0.3) is 0 Å². The Hall–Kier alpha value is -2.83. The number of nitrogens with zero attached hydrogens (tertiary/aromatic N) is 4. The second-order valence-corrected chi connectivity index (χ2v) is 6.48. The predicted molar refractivity (Wildman–Crippen MR) is 102 cm³/mol. The second kappa shape index (κ2) is 8.03. The van der Waals surface area contributed by atoms with Crippen LogP contribution in [0.4, 0.5) is 11.6 Å². The molecule has 1 saturated heterocycles. The van der Waals surface area contributed by atoms with Crippen molar-refractivity contribution < 1.29 is 9.53 Å². The Bertz CT molecular complexity index is 780. The number of piperazine rings is 1. The lowest BCUT2D eigenvalue weighted by atomic mass is 10.1. The maximum atomic E-state index is 11.9. The van der Waals surface area contributed by atoms with Crippen LogP contribution in [0.2, 0.25) is 0 Å². The summed E-state index contributed by atoms with van der Waals surface area (Å²) in [5, 5.41) is 3.33. The Morgan fingerprint density at radius 3 is 2.85 bits per heavy atom. The monoisotopic (exact) mass is 355 g/mol. The van der Waals surface area contributed by atoms with Crippen LogP contribution in [0.3, 0.4) is 0 Å². The lowest BCUT2D eigenvalue weighted by Gasteiger charge is -2.32. The first-order valence-electron chi connectivity index (χ1n) is 8.75. The highest BCUT2D eigenvalue weighted by molar-refractivity contribution is 5.82. The van der Waals surface area contributed by atoms with E-state index in [1.165, 1.54) is 11.9 Å². The van der Waals surface area contributed by atoms with E-state index in [9.17, 15) is 4.79 Å². The van der Waals surface area contributed by atoms with E-state index in [1.807, 2.05) is 24.9 Å². The van der Waals surface area contributed by atoms with Crippen LogP contribution >= 0.6 is 0 Å². The fourth-order valence-electron chi connectivity index (χ4n) is 2.93. The maximum absolute atomic E-state index is 11.9. The van der Waals surface area contributed by atoms with Crippen molar-refractivity contribution in [2.45, 2.75) is 13.3 Å². The van der Waals surface area contributed by atoms with Crippen LogP contribution in [-0.4, -0.2) is 61.1 Å². The topological polar surface area (TPSA) is 70.6 Å². The summed E-state index contributed by atoms with van der Waals surface area (Å²) in [5.41, 5.74) is 2.34. The molecule has 1 aromatic heterocycles. The quantitative estimate of drug-likeness (QED) is 0.851. The Morgan fingerprint density at radius 2 is 2.08 bits per heavy atom. The van der Waals surface area contributed by atoms with Crippen molar-refractivity contribution in [3.8, 4) is 5.75 Å². The molecule has 0 aliphatic carbocycles. The number of anilines is 2. The molecular formula is C19H25N5O2. The molecule has 0 radical (unpaired) electrons. The van der Waals surface area contributed by atoms with Crippen molar-refractivity contribution in [2.75, 3.05) is 50.6 Å². The fourth-order valence-corrected chi connectivity index (χ4v) is 2.93. The van der Waals surface area contributed by atoms with Gasteiger partial charge in [-0.15, -0.1) is 0 Å². The smallest absolute Gasteiger partial charge is 0.241 e. The number of amides is 1. The number of benzene rings is 1. The van der Waals surface area contributed by atoms with Crippen molar-refractivity contribution >= 4 is 17.5 Å². The first-order valence-corrected chi connectivity index (χ1v) is 8.75. The molecule has 7 nitrogen and oxygen atoms in total. The minimum Gasteiger partial charge on any atom is -0.496 e. The molecule has 2 heterocycles. The van der Waals surface area contributed by atoms with Crippen LogP contribution in [-0.2, 0) is 11.2 Å². The number of likely N-dealkylation sites (N-methyl/N-ethyl adjacent to an activating group) is 1. The molecule has 0 bridgehead atoms. The Labute approximate surface area is 154 Å². The third-order valence-corrected chi connectivity index (χ3v) is 4.63. The highest BCUT2D eigenvalue weighted by Crippen LogP contribution is 2.20. The summed E-state index contributed by atoms with van der Waals surface area (Å²) < 4.78 is 5.37. The van der Waals surface area contributed by atoms with Gasteiger partial charge in [0.2, 0.25) is 5.91 Å². The number of carbonyl (C=O) groups excluding carboxylic acids is 1. The third kappa shape index (κ3) is 4.22. The van der Waals surface area contributed by atoms with Gasteiger partial charge in [0.15, 0.2) is 0 Å². The normalized spacial score (nSPS) is 14.5. The molecule has 7 heteroatoms. The van der Waals surface area contributed by atoms with Crippen LogP contribution in [0.15, 0.2) is 30.6 Å². The maximum Gasteiger partial charge on any atom is 0.241 e. The van der Waals surface area contributed by atoms with E-state index >= 15 is 0 Å². The van der Waals surface area contributed by atoms with E-state index in [-0.39, 0.29) is 5.91 Å². The van der Waals surface area contributed by atoms with Crippen molar-refractivity contribution in [3.05, 3.63) is 41.7 Å². The van der Waals surface area contributed by atoms with Crippen LogP contribution in [0.5, 0.6) is 5.75 Å². The van der Waals surface area contributed by atoms with Gasteiger partial charge < -0.3 is 19.9 Å². The first-order chi connectivity index (χ1) is 12.6. The van der Waals surface area contributed by atoms with Crippen LogP contribution in [0, 0.1) is 6.92 Å². The molecule has 1 fully saturated rings. The summed E-state index contributed by atoms with van der Waals surface area (Å²) in [6, 6.07) is 8.15. The van der Waals surface area contributed by atoms with Crippen molar-refractivity contribution in [1.82, 2.24) is 14.9 Å². The number of ether oxygens (including phenoxy) is 1. The van der Waals surface area contributed by atoms with Gasteiger partial charge in [0.25, 0.3) is 0 Å². The minimum absolute atomic E-state index is 0.109. The number of carbonyl (C=O) groups is 1. The molecule has 1 aromatic carbocycles. The summed E-state index contributed by atoms with van der Waals surface area (Å²) in [4.78, 5) is 24.2. The van der Waals surface area contributed by atoms with E-state index in [0.717, 1.165) is 42.5 Å². The standard InChI is InChI=1S/C19H25N5O2/c1-14-4-5-15(10-16(14)26-3)6-7-20-17-11-18(22-13-21-17)24-9-8-23(2)19(25)12-24/h4-5,10-11,13H,6-9,12H2,1-3H3,(H,20,21,22). The van der Waals surface area contributed by atoms with Gasteiger partial charge in [0.05, 0.1) is 13.7 Å².